The van der Waals surface area contributed by atoms with Crippen molar-refractivity contribution in [3.63, 3.8) is 0 Å². The Morgan fingerprint density at radius 2 is 1.74 bits per heavy atom. The van der Waals surface area contributed by atoms with Crippen LogP contribution in [0.3, 0.4) is 0 Å². The number of aryl methyl sites for hydroxylation is 1. The molecule has 6 nitrogen and oxygen atoms in total. The molecule has 1 N–H and O–H groups in total. The van der Waals surface area contributed by atoms with Gasteiger partial charge in [-0.15, -0.1) is 0 Å². The fourth-order valence-electron chi connectivity index (χ4n) is 3.55. The fourth-order valence-corrected chi connectivity index (χ4v) is 4.17. The lowest BCUT2D eigenvalue weighted by atomic mass is 10.1. The summed E-state index contributed by atoms with van der Waals surface area (Å²) in [6.07, 6.45) is 1.50. The van der Waals surface area contributed by atoms with Gasteiger partial charge in [0.15, 0.2) is 5.76 Å². The van der Waals surface area contributed by atoms with Gasteiger partial charge in [0, 0.05) is 31.9 Å². The number of anilines is 2. The Bertz CT molecular complexity index is 1110. The van der Waals surface area contributed by atoms with Gasteiger partial charge in [-0.2, -0.15) is 0 Å². The van der Waals surface area contributed by atoms with E-state index in [4.69, 9.17) is 27.6 Å². The van der Waals surface area contributed by atoms with Gasteiger partial charge in [-0.3, -0.25) is 9.59 Å². The second kappa shape index (κ2) is 9.04. The molecule has 1 aliphatic rings. The summed E-state index contributed by atoms with van der Waals surface area (Å²) in [4.78, 5) is 28.9. The van der Waals surface area contributed by atoms with Crippen molar-refractivity contribution in [2.24, 2.45) is 0 Å². The molecule has 0 spiro atoms. The molecule has 2 heterocycles. The molecule has 3 aromatic rings. The number of rotatable bonds is 4. The molecule has 0 bridgehead atoms. The van der Waals surface area contributed by atoms with Crippen molar-refractivity contribution in [1.29, 1.82) is 0 Å². The van der Waals surface area contributed by atoms with E-state index < -0.39 is 0 Å². The quantitative estimate of drug-likeness (QED) is 0.590. The van der Waals surface area contributed by atoms with Gasteiger partial charge in [0.2, 0.25) is 0 Å². The number of nitrogens with one attached hydrogen (secondary N) is 1. The first kappa shape index (κ1) is 21.3. The number of carbonyl (C=O) groups excluding carboxylic acids is 2. The van der Waals surface area contributed by atoms with Crippen LogP contribution >= 0.6 is 23.2 Å². The fraction of sp³-hybridized carbons (Fsp3) is 0.217. The number of carbonyl (C=O) groups is 2. The first-order valence-electron chi connectivity index (χ1n) is 9.87. The van der Waals surface area contributed by atoms with E-state index >= 15 is 0 Å². The standard InChI is InChI=1S/C23H21Cl2N3O3/c1-15-4-6-17(18(24)13-15)22(29)26-16-5-7-20(19(25)14-16)27-8-10-28(11-9-27)23(30)21-3-2-12-31-21/h2-7,12-14H,8-11H2,1H3,(H,26,29). The second-order valence-electron chi connectivity index (χ2n) is 7.36. The molecule has 2 amide bonds. The molecular weight excluding hydrogens is 437 g/mol. The highest BCUT2D eigenvalue weighted by atomic mass is 35.5. The number of halogens is 2. The number of amides is 2. The summed E-state index contributed by atoms with van der Waals surface area (Å²) in [7, 11) is 0. The zero-order valence-electron chi connectivity index (χ0n) is 16.9. The molecule has 1 aliphatic heterocycles. The third kappa shape index (κ3) is 4.70. The van der Waals surface area contributed by atoms with Crippen molar-refractivity contribution >= 4 is 46.4 Å². The van der Waals surface area contributed by atoms with E-state index in [1.165, 1.54) is 6.26 Å². The van der Waals surface area contributed by atoms with Crippen LogP contribution in [0, 0.1) is 6.92 Å². The van der Waals surface area contributed by atoms with Crippen LogP contribution in [0.15, 0.2) is 59.2 Å². The summed E-state index contributed by atoms with van der Waals surface area (Å²) < 4.78 is 5.20. The summed E-state index contributed by atoms with van der Waals surface area (Å²) in [5.74, 6) is -0.0531. The highest BCUT2D eigenvalue weighted by molar-refractivity contribution is 6.35. The summed E-state index contributed by atoms with van der Waals surface area (Å²) in [6, 6.07) is 14.1. The smallest absolute Gasteiger partial charge is 0.289 e. The molecule has 1 aromatic heterocycles. The van der Waals surface area contributed by atoms with Gasteiger partial charge in [-0.05, 0) is 55.0 Å². The molecule has 0 saturated carbocycles. The summed E-state index contributed by atoms with van der Waals surface area (Å²) >= 11 is 12.7. The van der Waals surface area contributed by atoms with E-state index in [0.29, 0.717) is 53.2 Å². The summed E-state index contributed by atoms with van der Waals surface area (Å²) in [5, 5.41) is 3.77. The Morgan fingerprint density at radius 3 is 2.39 bits per heavy atom. The number of benzene rings is 2. The molecule has 160 valence electrons. The van der Waals surface area contributed by atoms with Crippen LogP contribution in [0.25, 0.3) is 0 Å². The largest absolute Gasteiger partial charge is 0.459 e. The van der Waals surface area contributed by atoms with Crippen LogP contribution in [-0.4, -0.2) is 42.9 Å². The zero-order chi connectivity index (χ0) is 22.0. The first-order valence-corrected chi connectivity index (χ1v) is 10.6. The highest BCUT2D eigenvalue weighted by Gasteiger charge is 2.24. The maximum absolute atomic E-state index is 12.5. The van der Waals surface area contributed by atoms with Gasteiger partial charge >= 0.3 is 0 Å². The Morgan fingerprint density at radius 1 is 0.968 bits per heavy atom. The third-order valence-electron chi connectivity index (χ3n) is 5.21. The van der Waals surface area contributed by atoms with Crippen LogP contribution in [-0.2, 0) is 0 Å². The van der Waals surface area contributed by atoms with Crippen LogP contribution in [0.5, 0.6) is 0 Å². The Labute approximate surface area is 190 Å². The minimum absolute atomic E-state index is 0.108. The van der Waals surface area contributed by atoms with Crippen molar-refractivity contribution in [3.05, 3.63) is 81.7 Å². The molecule has 8 heteroatoms. The summed E-state index contributed by atoms with van der Waals surface area (Å²) in [5.41, 5.74) is 2.84. The van der Waals surface area contributed by atoms with Gasteiger partial charge in [0.25, 0.3) is 11.8 Å². The van der Waals surface area contributed by atoms with Gasteiger partial charge in [0.1, 0.15) is 0 Å². The predicted octanol–water partition coefficient (Wildman–Crippen LogP) is 5.11. The molecule has 0 unspecified atom stereocenters. The topological polar surface area (TPSA) is 65.8 Å². The molecular formula is C23H21Cl2N3O3. The van der Waals surface area contributed by atoms with Crippen molar-refractivity contribution in [2.75, 3.05) is 36.4 Å². The predicted molar refractivity (Wildman–Crippen MR) is 122 cm³/mol. The maximum atomic E-state index is 12.5. The number of furan rings is 1. The van der Waals surface area contributed by atoms with Gasteiger partial charge < -0.3 is 19.5 Å². The minimum Gasteiger partial charge on any atom is -0.459 e. The van der Waals surface area contributed by atoms with E-state index in [-0.39, 0.29) is 11.8 Å². The lowest BCUT2D eigenvalue weighted by Gasteiger charge is -2.36. The van der Waals surface area contributed by atoms with Crippen LogP contribution in [0.2, 0.25) is 10.0 Å². The first-order chi connectivity index (χ1) is 14.9. The molecule has 0 atom stereocenters. The van der Waals surface area contributed by atoms with Gasteiger partial charge in [-0.1, -0.05) is 29.3 Å². The second-order valence-corrected chi connectivity index (χ2v) is 8.17. The Hall–Kier alpha value is -2.96. The lowest BCUT2D eigenvalue weighted by Crippen LogP contribution is -2.48. The molecule has 0 aliphatic carbocycles. The normalized spacial score (nSPS) is 13.9. The van der Waals surface area contributed by atoms with E-state index in [0.717, 1.165) is 11.3 Å². The SMILES string of the molecule is Cc1ccc(C(=O)Nc2ccc(N3CCN(C(=O)c4ccco4)CC3)c(Cl)c2)c(Cl)c1. The molecule has 31 heavy (non-hydrogen) atoms. The lowest BCUT2D eigenvalue weighted by molar-refractivity contribution is 0.0714. The number of hydrogen-bond acceptors (Lipinski definition) is 4. The Balaban J connectivity index is 1.40. The van der Waals surface area contributed by atoms with Crippen molar-refractivity contribution in [1.82, 2.24) is 4.90 Å². The number of nitrogens with zero attached hydrogens (tertiary/aromatic N) is 2. The molecule has 1 saturated heterocycles. The average Bonchev–Trinajstić information content (AvgIpc) is 3.28. The number of hydrogen-bond donors (Lipinski definition) is 1. The maximum Gasteiger partial charge on any atom is 0.289 e. The van der Waals surface area contributed by atoms with E-state index in [2.05, 4.69) is 10.2 Å². The molecule has 1 fully saturated rings. The van der Waals surface area contributed by atoms with E-state index in [1.807, 2.05) is 25.1 Å². The highest BCUT2D eigenvalue weighted by Crippen LogP contribution is 2.30. The van der Waals surface area contributed by atoms with Crippen LogP contribution < -0.4 is 10.2 Å². The van der Waals surface area contributed by atoms with Gasteiger partial charge in [0.05, 0.1) is 27.6 Å². The third-order valence-corrected chi connectivity index (χ3v) is 5.83. The zero-order valence-corrected chi connectivity index (χ0v) is 18.4. The molecule has 2 aromatic carbocycles. The molecule has 4 rings (SSSR count). The van der Waals surface area contributed by atoms with Crippen LogP contribution in [0.1, 0.15) is 26.5 Å². The van der Waals surface area contributed by atoms with Crippen molar-refractivity contribution in [2.45, 2.75) is 6.92 Å². The van der Waals surface area contributed by atoms with Gasteiger partial charge in [-0.25, -0.2) is 0 Å². The van der Waals surface area contributed by atoms with E-state index in [9.17, 15) is 9.59 Å². The monoisotopic (exact) mass is 457 g/mol. The number of piperazine rings is 1. The summed E-state index contributed by atoms with van der Waals surface area (Å²) in [6.45, 7) is 4.35. The van der Waals surface area contributed by atoms with Crippen molar-refractivity contribution in [3.8, 4) is 0 Å². The minimum atomic E-state index is -0.293. The Kier molecular flexibility index (Phi) is 6.20. The average molecular weight is 458 g/mol. The van der Waals surface area contributed by atoms with Crippen LogP contribution in [0.4, 0.5) is 11.4 Å². The van der Waals surface area contributed by atoms with Crippen molar-refractivity contribution < 1.29 is 14.0 Å². The van der Waals surface area contributed by atoms with E-state index in [1.54, 1.807) is 35.2 Å². The molecule has 0 radical (unpaired) electrons.